The van der Waals surface area contributed by atoms with E-state index in [1.54, 1.807) is 6.07 Å². The van der Waals surface area contributed by atoms with Crippen molar-refractivity contribution in [3.8, 4) is 11.3 Å². The Balaban J connectivity index is 1.41. The summed E-state index contributed by atoms with van der Waals surface area (Å²) in [5.41, 5.74) is 5.54. The van der Waals surface area contributed by atoms with Crippen LogP contribution >= 0.6 is 0 Å². The molecular formula is C28H38FN5O. The minimum atomic E-state index is -0.202. The smallest absolute Gasteiger partial charge is 0.134 e. The number of anilines is 1. The van der Waals surface area contributed by atoms with Gasteiger partial charge in [0.25, 0.3) is 0 Å². The Bertz CT molecular complexity index is 1180. The van der Waals surface area contributed by atoms with Crippen molar-refractivity contribution in [1.29, 1.82) is 0 Å². The van der Waals surface area contributed by atoms with Gasteiger partial charge in [-0.1, -0.05) is 0 Å². The molecule has 4 heterocycles. The maximum Gasteiger partial charge on any atom is 0.134 e. The summed E-state index contributed by atoms with van der Waals surface area (Å²) in [6.07, 6.45) is 0.952. The van der Waals surface area contributed by atoms with E-state index in [-0.39, 0.29) is 5.82 Å². The van der Waals surface area contributed by atoms with E-state index < -0.39 is 0 Å². The molecule has 0 N–H and O–H groups in total. The molecule has 0 atom stereocenters. The summed E-state index contributed by atoms with van der Waals surface area (Å²) >= 11 is 0. The van der Waals surface area contributed by atoms with Crippen LogP contribution in [0.2, 0.25) is 0 Å². The number of ether oxygens (including phenoxy) is 1. The van der Waals surface area contributed by atoms with Gasteiger partial charge in [-0.2, -0.15) is 0 Å². The number of pyridine rings is 1. The fraction of sp³-hybridized carbons (Fsp3) is 0.536. The molecule has 0 radical (unpaired) electrons. The van der Waals surface area contributed by atoms with Crippen molar-refractivity contribution in [3.05, 3.63) is 47.5 Å². The second kappa shape index (κ2) is 10.2. The van der Waals surface area contributed by atoms with E-state index in [0.717, 1.165) is 93.4 Å². The van der Waals surface area contributed by atoms with Crippen LogP contribution < -0.4 is 4.90 Å². The summed E-state index contributed by atoms with van der Waals surface area (Å²) in [6.45, 7) is 14.9. The van der Waals surface area contributed by atoms with E-state index in [1.165, 1.54) is 5.69 Å². The summed E-state index contributed by atoms with van der Waals surface area (Å²) in [6, 6.07) is 10.5. The van der Waals surface area contributed by atoms with E-state index in [4.69, 9.17) is 9.72 Å². The second-order valence-corrected chi connectivity index (χ2v) is 10.2. The van der Waals surface area contributed by atoms with Crippen LogP contribution in [0.4, 0.5) is 10.1 Å². The number of fused-ring (bicyclic) bond motifs is 1. The third-order valence-electron chi connectivity index (χ3n) is 7.67. The van der Waals surface area contributed by atoms with Crippen LogP contribution in [0.5, 0.6) is 0 Å². The lowest BCUT2D eigenvalue weighted by molar-refractivity contribution is 0.0383. The molecule has 5 rings (SSSR count). The molecule has 0 bridgehead atoms. The summed E-state index contributed by atoms with van der Waals surface area (Å²) in [5.74, 6) is -0.202. The molecule has 2 aliphatic heterocycles. The summed E-state index contributed by atoms with van der Waals surface area (Å²) in [5, 5.41) is 1.02. The monoisotopic (exact) mass is 479 g/mol. The van der Waals surface area contributed by atoms with Crippen LogP contribution in [0.25, 0.3) is 22.2 Å². The Morgan fingerprint density at radius 1 is 1.00 bits per heavy atom. The zero-order chi connectivity index (χ0) is 24.5. The summed E-state index contributed by atoms with van der Waals surface area (Å²) < 4.78 is 23.3. The minimum Gasteiger partial charge on any atom is -0.379 e. The Hall–Kier alpha value is -2.48. The molecule has 35 heavy (non-hydrogen) atoms. The zero-order valence-corrected chi connectivity index (χ0v) is 21.6. The van der Waals surface area contributed by atoms with Crippen molar-refractivity contribution in [2.75, 3.05) is 63.9 Å². The Labute approximate surface area is 208 Å². The van der Waals surface area contributed by atoms with Gasteiger partial charge in [-0.25, -0.2) is 4.39 Å². The number of hydrogen-bond donors (Lipinski definition) is 0. The molecule has 188 valence electrons. The number of morpholine rings is 1. The van der Waals surface area contributed by atoms with Gasteiger partial charge in [0.15, 0.2) is 0 Å². The summed E-state index contributed by atoms with van der Waals surface area (Å²) in [7, 11) is 2.11. The number of nitrogens with zero attached hydrogens (tertiary/aromatic N) is 5. The Morgan fingerprint density at radius 3 is 2.43 bits per heavy atom. The highest BCUT2D eigenvalue weighted by Gasteiger charge is 2.21. The number of rotatable bonds is 6. The van der Waals surface area contributed by atoms with Crippen LogP contribution in [-0.4, -0.2) is 84.4 Å². The fourth-order valence-corrected chi connectivity index (χ4v) is 5.44. The molecule has 1 aromatic carbocycles. The van der Waals surface area contributed by atoms with Gasteiger partial charge in [0.2, 0.25) is 0 Å². The first-order chi connectivity index (χ1) is 16.9. The molecule has 2 saturated heterocycles. The molecule has 0 spiro atoms. The molecule has 6 nitrogen and oxygen atoms in total. The van der Waals surface area contributed by atoms with E-state index in [0.29, 0.717) is 11.6 Å². The van der Waals surface area contributed by atoms with Crippen LogP contribution in [0.3, 0.4) is 0 Å². The van der Waals surface area contributed by atoms with Gasteiger partial charge in [-0.15, -0.1) is 0 Å². The van der Waals surface area contributed by atoms with Crippen molar-refractivity contribution >= 4 is 16.6 Å². The lowest BCUT2D eigenvalue weighted by Crippen LogP contribution is -2.48. The fourth-order valence-electron chi connectivity index (χ4n) is 5.44. The molecule has 2 fully saturated rings. The van der Waals surface area contributed by atoms with Crippen LogP contribution in [0, 0.1) is 12.7 Å². The standard InChI is InChI=1S/C28H38FN5O/c1-20(2)33-9-11-34(12-10-33)23-5-6-24(26(29)19-23)28-25-18-22(7-8-32-13-15-35-16-14-32)31(4)27(25)17-21(3)30-28/h5-6,17-20H,7-16H2,1-4H3. The lowest BCUT2D eigenvalue weighted by Gasteiger charge is -2.38. The highest BCUT2D eigenvalue weighted by atomic mass is 19.1. The van der Waals surface area contributed by atoms with Crippen molar-refractivity contribution in [2.24, 2.45) is 7.05 Å². The number of halogens is 1. The molecule has 0 aliphatic carbocycles. The predicted molar refractivity (Wildman–Crippen MR) is 141 cm³/mol. The number of piperazine rings is 1. The normalized spacial score (nSPS) is 18.2. The SMILES string of the molecule is Cc1cc2c(cc(CCN3CCOCC3)n2C)c(-c2ccc(N3CCN(C(C)C)CC3)cc2F)n1. The molecule has 2 aromatic heterocycles. The van der Waals surface area contributed by atoms with Crippen LogP contribution in [-0.2, 0) is 18.2 Å². The quantitative estimate of drug-likeness (QED) is 0.532. The first-order valence-electron chi connectivity index (χ1n) is 13.0. The minimum absolute atomic E-state index is 0.202. The molecule has 2 aliphatic rings. The van der Waals surface area contributed by atoms with Crippen molar-refractivity contribution in [1.82, 2.24) is 19.4 Å². The van der Waals surface area contributed by atoms with Gasteiger partial charge < -0.3 is 14.2 Å². The second-order valence-electron chi connectivity index (χ2n) is 10.2. The summed E-state index contributed by atoms with van der Waals surface area (Å²) in [4.78, 5) is 12.0. The van der Waals surface area contributed by atoms with Gasteiger partial charge >= 0.3 is 0 Å². The topological polar surface area (TPSA) is 36.8 Å². The molecular weight excluding hydrogens is 441 g/mol. The van der Waals surface area contributed by atoms with Crippen molar-refractivity contribution in [3.63, 3.8) is 0 Å². The number of aromatic nitrogens is 2. The van der Waals surface area contributed by atoms with E-state index in [1.807, 2.05) is 13.0 Å². The number of aryl methyl sites for hydroxylation is 2. The van der Waals surface area contributed by atoms with Crippen molar-refractivity contribution in [2.45, 2.75) is 33.2 Å². The van der Waals surface area contributed by atoms with E-state index in [2.05, 4.69) is 58.4 Å². The van der Waals surface area contributed by atoms with Crippen LogP contribution in [0.15, 0.2) is 30.3 Å². The maximum atomic E-state index is 15.6. The average molecular weight is 480 g/mol. The predicted octanol–water partition coefficient (Wildman–Crippen LogP) is 4.09. The number of benzene rings is 1. The Kier molecular flexibility index (Phi) is 7.09. The van der Waals surface area contributed by atoms with Crippen LogP contribution in [0.1, 0.15) is 25.2 Å². The van der Waals surface area contributed by atoms with Gasteiger partial charge in [0.1, 0.15) is 5.82 Å². The van der Waals surface area contributed by atoms with E-state index in [9.17, 15) is 0 Å². The molecule has 0 unspecified atom stereocenters. The van der Waals surface area contributed by atoms with Gasteiger partial charge in [0.05, 0.1) is 24.4 Å². The first-order valence-corrected chi connectivity index (χ1v) is 13.0. The van der Waals surface area contributed by atoms with Gasteiger partial charge in [0, 0.05) is 93.3 Å². The van der Waals surface area contributed by atoms with Crippen molar-refractivity contribution < 1.29 is 9.13 Å². The maximum absolute atomic E-state index is 15.6. The van der Waals surface area contributed by atoms with Gasteiger partial charge in [-0.3, -0.25) is 14.8 Å². The zero-order valence-electron chi connectivity index (χ0n) is 21.6. The first kappa shape index (κ1) is 24.2. The molecule has 3 aromatic rings. The lowest BCUT2D eigenvalue weighted by atomic mass is 10.0. The average Bonchev–Trinajstić information content (AvgIpc) is 3.18. The van der Waals surface area contributed by atoms with Gasteiger partial charge in [-0.05, 0) is 51.1 Å². The highest BCUT2D eigenvalue weighted by Crippen LogP contribution is 2.33. The third-order valence-corrected chi connectivity index (χ3v) is 7.67. The molecule has 7 heteroatoms. The molecule has 0 saturated carbocycles. The highest BCUT2D eigenvalue weighted by molar-refractivity contribution is 5.94. The Morgan fingerprint density at radius 2 is 1.74 bits per heavy atom. The largest absolute Gasteiger partial charge is 0.379 e. The number of hydrogen-bond acceptors (Lipinski definition) is 5. The van der Waals surface area contributed by atoms with E-state index >= 15 is 4.39 Å². The third kappa shape index (κ3) is 5.08. The molecule has 0 amide bonds.